The van der Waals surface area contributed by atoms with Crippen molar-refractivity contribution >= 4 is 35.6 Å². The lowest BCUT2D eigenvalue weighted by Crippen LogP contribution is -2.30. The molecule has 1 saturated heterocycles. The third-order valence-corrected chi connectivity index (χ3v) is 5.35. The monoisotopic (exact) mass is 480 g/mol. The van der Waals surface area contributed by atoms with E-state index in [1.807, 2.05) is 0 Å². The molecule has 1 heterocycles. The van der Waals surface area contributed by atoms with Crippen molar-refractivity contribution in [1.29, 1.82) is 0 Å². The van der Waals surface area contributed by atoms with E-state index in [1.165, 1.54) is 42.5 Å². The van der Waals surface area contributed by atoms with E-state index in [9.17, 15) is 18.8 Å². The molecule has 172 valence electrons. The van der Waals surface area contributed by atoms with Gasteiger partial charge in [-0.3, -0.25) is 9.69 Å². The normalized spacial score (nSPS) is 14.4. The number of amides is 3. The fourth-order valence-corrected chi connectivity index (χ4v) is 3.58. The third-order valence-electron chi connectivity index (χ3n) is 5.05. The first kappa shape index (κ1) is 23.0. The molecule has 0 atom stereocenters. The van der Waals surface area contributed by atoms with Gasteiger partial charge in [0.1, 0.15) is 23.9 Å². The van der Waals surface area contributed by atoms with Gasteiger partial charge in [-0.05, 0) is 59.2 Å². The topological polar surface area (TPSA) is 95.9 Å². The fourth-order valence-electron chi connectivity index (χ4n) is 3.33. The van der Waals surface area contributed by atoms with Crippen molar-refractivity contribution < 1.29 is 28.6 Å². The number of benzene rings is 3. The van der Waals surface area contributed by atoms with Crippen molar-refractivity contribution in [3.8, 4) is 5.75 Å². The number of nitrogens with one attached hydrogen (secondary N) is 1. The first-order valence-corrected chi connectivity index (χ1v) is 10.5. The molecule has 9 heteroatoms. The van der Waals surface area contributed by atoms with Crippen LogP contribution in [0.2, 0.25) is 5.02 Å². The number of rotatable bonds is 7. The van der Waals surface area contributed by atoms with Gasteiger partial charge < -0.3 is 15.2 Å². The molecule has 1 fully saturated rings. The molecule has 1 aliphatic rings. The SMILES string of the molecule is O=C(O)c1cccc(COc2ccc(/C=C3/NC(=O)N(Cc4ccc(F)cc4)C3=O)cc2Cl)c1. The number of carboxylic acid groups (broad SMARTS) is 1. The van der Waals surface area contributed by atoms with Crippen LogP contribution < -0.4 is 10.1 Å². The largest absolute Gasteiger partial charge is 0.487 e. The second-order valence-corrected chi connectivity index (χ2v) is 7.90. The van der Waals surface area contributed by atoms with Gasteiger partial charge in [0.2, 0.25) is 0 Å². The van der Waals surface area contributed by atoms with Gasteiger partial charge in [0.25, 0.3) is 5.91 Å². The van der Waals surface area contributed by atoms with Crippen LogP contribution in [0.25, 0.3) is 6.08 Å². The number of imide groups is 1. The van der Waals surface area contributed by atoms with Gasteiger partial charge in [-0.2, -0.15) is 0 Å². The van der Waals surface area contributed by atoms with Gasteiger partial charge >= 0.3 is 12.0 Å². The van der Waals surface area contributed by atoms with Gasteiger partial charge in [-0.1, -0.05) is 41.9 Å². The van der Waals surface area contributed by atoms with Crippen LogP contribution in [0.5, 0.6) is 5.75 Å². The summed E-state index contributed by atoms with van der Waals surface area (Å²) in [5.74, 6) is -1.56. The van der Waals surface area contributed by atoms with Crippen LogP contribution in [0.3, 0.4) is 0 Å². The molecular formula is C25H18ClFN2O5. The Labute approximate surface area is 199 Å². The number of nitrogens with zero attached hydrogens (tertiary/aromatic N) is 1. The first-order chi connectivity index (χ1) is 16.3. The number of halogens is 2. The summed E-state index contributed by atoms with van der Waals surface area (Å²) in [6.45, 7) is 0.132. The number of carboxylic acids is 1. The Balaban J connectivity index is 1.44. The van der Waals surface area contributed by atoms with Crippen molar-refractivity contribution in [3.05, 3.63) is 106 Å². The predicted octanol–water partition coefficient (Wildman–Crippen LogP) is 4.85. The Morgan fingerprint density at radius 1 is 1.06 bits per heavy atom. The molecule has 0 aromatic heterocycles. The van der Waals surface area contributed by atoms with Gasteiger partial charge in [0.05, 0.1) is 17.1 Å². The summed E-state index contributed by atoms with van der Waals surface area (Å²) in [6.07, 6.45) is 1.50. The second kappa shape index (κ2) is 9.76. The highest BCUT2D eigenvalue weighted by Gasteiger charge is 2.33. The molecule has 3 aromatic rings. The zero-order valence-electron chi connectivity index (χ0n) is 17.6. The summed E-state index contributed by atoms with van der Waals surface area (Å²) >= 11 is 6.31. The first-order valence-electron chi connectivity index (χ1n) is 10.1. The Morgan fingerprint density at radius 3 is 2.53 bits per heavy atom. The number of aromatic carboxylic acids is 1. The van der Waals surface area contributed by atoms with Gasteiger partial charge in [0.15, 0.2) is 0 Å². The highest BCUT2D eigenvalue weighted by molar-refractivity contribution is 6.32. The summed E-state index contributed by atoms with van der Waals surface area (Å²) < 4.78 is 18.8. The summed E-state index contributed by atoms with van der Waals surface area (Å²) in [7, 11) is 0. The quantitative estimate of drug-likeness (QED) is 0.372. The van der Waals surface area contributed by atoms with Crippen LogP contribution in [-0.4, -0.2) is 27.9 Å². The van der Waals surface area contributed by atoms with Crippen molar-refractivity contribution in [2.24, 2.45) is 0 Å². The second-order valence-electron chi connectivity index (χ2n) is 7.49. The Hall–Kier alpha value is -4.17. The fraction of sp³-hybridized carbons (Fsp3) is 0.0800. The van der Waals surface area contributed by atoms with Crippen molar-refractivity contribution in [3.63, 3.8) is 0 Å². The minimum atomic E-state index is -1.03. The molecule has 0 spiro atoms. The Kier molecular flexibility index (Phi) is 6.60. The molecule has 0 bridgehead atoms. The number of hydrogen-bond donors (Lipinski definition) is 2. The Bertz CT molecular complexity index is 1310. The third kappa shape index (κ3) is 5.24. The molecule has 2 N–H and O–H groups in total. The summed E-state index contributed by atoms with van der Waals surface area (Å²) in [5, 5.41) is 11.9. The lowest BCUT2D eigenvalue weighted by atomic mass is 10.1. The standard InChI is InChI=1S/C25H18ClFN2O5/c26-20-11-16(6-9-22(20)34-14-17-2-1-3-18(10-17)24(31)32)12-21-23(30)29(25(33)28-21)13-15-4-7-19(27)8-5-15/h1-12H,13-14H2,(H,28,33)(H,31,32)/b21-12+. The van der Waals surface area contributed by atoms with E-state index in [-0.39, 0.29) is 29.4 Å². The molecule has 0 saturated carbocycles. The average molecular weight is 481 g/mol. The number of urea groups is 1. The number of hydrogen-bond acceptors (Lipinski definition) is 4. The van der Waals surface area contributed by atoms with E-state index in [1.54, 1.807) is 30.3 Å². The van der Waals surface area contributed by atoms with Crippen LogP contribution in [-0.2, 0) is 17.9 Å². The van der Waals surface area contributed by atoms with Crippen molar-refractivity contribution in [2.45, 2.75) is 13.2 Å². The van der Waals surface area contributed by atoms with Crippen molar-refractivity contribution in [2.75, 3.05) is 0 Å². The van der Waals surface area contributed by atoms with E-state index < -0.39 is 23.7 Å². The van der Waals surface area contributed by atoms with Crippen LogP contribution in [0.1, 0.15) is 27.0 Å². The molecule has 0 radical (unpaired) electrons. The van der Waals surface area contributed by atoms with Gasteiger partial charge in [0, 0.05) is 0 Å². The van der Waals surface area contributed by atoms with Gasteiger partial charge in [-0.15, -0.1) is 0 Å². The molecule has 34 heavy (non-hydrogen) atoms. The van der Waals surface area contributed by atoms with Crippen LogP contribution in [0.15, 0.2) is 72.4 Å². The minimum Gasteiger partial charge on any atom is -0.487 e. The maximum Gasteiger partial charge on any atom is 0.335 e. The maximum atomic E-state index is 13.1. The zero-order chi connectivity index (χ0) is 24.2. The highest BCUT2D eigenvalue weighted by atomic mass is 35.5. The van der Waals surface area contributed by atoms with E-state index in [4.69, 9.17) is 21.4 Å². The van der Waals surface area contributed by atoms with Crippen molar-refractivity contribution in [1.82, 2.24) is 10.2 Å². The Morgan fingerprint density at radius 2 is 1.82 bits per heavy atom. The summed E-state index contributed by atoms with van der Waals surface area (Å²) in [6, 6.07) is 16.2. The van der Waals surface area contributed by atoms with Crippen LogP contribution >= 0.6 is 11.6 Å². The smallest absolute Gasteiger partial charge is 0.335 e. The molecular weight excluding hydrogens is 463 g/mol. The minimum absolute atomic E-state index is 0.0128. The highest BCUT2D eigenvalue weighted by Crippen LogP contribution is 2.28. The predicted molar refractivity (Wildman–Crippen MR) is 123 cm³/mol. The molecule has 0 unspecified atom stereocenters. The zero-order valence-corrected chi connectivity index (χ0v) is 18.4. The maximum absolute atomic E-state index is 13.1. The lowest BCUT2D eigenvalue weighted by Gasteiger charge is -2.11. The lowest BCUT2D eigenvalue weighted by molar-refractivity contribution is -0.123. The van der Waals surface area contributed by atoms with E-state index in [0.29, 0.717) is 22.4 Å². The van der Waals surface area contributed by atoms with E-state index >= 15 is 0 Å². The van der Waals surface area contributed by atoms with E-state index in [0.717, 1.165) is 4.90 Å². The molecule has 3 amide bonds. The number of ether oxygens (including phenoxy) is 1. The molecule has 3 aromatic carbocycles. The molecule has 7 nitrogen and oxygen atoms in total. The van der Waals surface area contributed by atoms with Crippen LogP contribution in [0, 0.1) is 5.82 Å². The van der Waals surface area contributed by atoms with E-state index in [2.05, 4.69) is 5.32 Å². The number of carbonyl (C=O) groups excluding carboxylic acids is 2. The summed E-state index contributed by atoms with van der Waals surface area (Å²) in [5.41, 5.74) is 2.10. The average Bonchev–Trinajstić information content (AvgIpc) is 3.07. The summed E-state index contributed by atoms with van der Waals surface area (Å²) in [4.78, 5) is 37.1. The van der Waals surface area contributed by atoms with Crippen LogP contribution in [0.4, 0.5) is 9.18 Å². The van der Waals surface area contributed by atoms with Gasteiger partial charge in [-0.25, -0.2) is 14.0 Å². The molecule has 4 rings (SSSR count). The molecule has 1 aliphatic heterocycles. The number of carbonyl (C=O) groups is 3. The molecule has 0 aliphatic carbocycles.